The van der Waals surface area contributed by atoms with Crippen molar-refractivity contribution in [2.75, 3.05) is 13.1 Å². The highest BCUT2D eigenvalue weighted by Gasteiger charge is 2.25. The minimum absolute atomic E-state index is 0.00784. The summed E-state index contributed by atoms with van der Waals surface area (Å²) in [6.07, 6.45) is 2.72. The highest BCUT2D eigenvalue weighted by atomic mass is 16.4. The van der Waals surface area contributed by atoms with E-state index < -0.39 is 0 Å². The topological polar surface area (TPSA) is 88.3 Å². The minimum atomic E-state index is -0.00784. The van der Waals surface area contributed by atoms with Gasteiger partial charge in [0.25, 0.3) is 5.91 Å². The minimum Gasteiger partial charge on any atom is -0.416 e. The Hall–Kier alpha value is -4.26. The second-order valence-corrected chi connectivity index (χ2v) is 9.42. The number of carbonyl (C=O) groups is 2. The first-order valence-corrected chi connectivity index (χ1v) is 12.7. The maximum atomic E-state index is 13.0. The van der Waals surface area contributed by atoms with E-state index in [1.165, 1.54) is 0 Å². The van der Waals surface area contributed by atoms with E-state index in [9.17, 15) is 9.59 Å². The van der Waals surface area contributed by atoms with Gasteiger partial charge in [-0.2, -0.15) is 0 Å². The monoisotopic (exact) mass is 494 g/mol. The molecule has 37 heavy (non-hydrogen) atoms. The average molecular weight is 495 g/mol. The Morgan fingerprint density at radius 3 is 2.30 bits per heavy atom. The van der Waals surface area contributed by atoms with Crippen molar-refractivity contribution in [3.8, 4) is 22.9 Å². The van der Waals surface area contributed by atoms with E-state index in [4.69, 9.17) is 4.42 Å². The van der Waals surface area contributed by atoms with Crippen LogP contribution in [-0.2, 0) is 11.2 Å². The van der Waals surface area contributed by atoms with Crippen LogP contribution in [0, 0.1) is 6.92 Å². The number of aromatic nitrogens is 2. The predicted molar refractivity (Wildman–Crippen MR) is 142 cm³/mol. The third kappa shape index (κ3) is 5.94. The van der Waals surface area contributed by atoms with Gasteiger partial charge in [-0.15, -0.1) is 10.2 Å². The molecule has 2 heterocycles. The lowest BCUT2D eigenvalue weighted by Crippen LogP contribution is -2.46. The van der Waals surface area contributed by atoms with Crippen molar-refractivity contribution < 1.29 is 14.0 Å². The maximum absolute atomic E-state index is 13.0. The number of likely N-dealkylation sites (tertiary alicyclic amines) is 1. The van der Waals surface area contributed by atoms with E-state index >= 15 is 0 Å². The molecule has 1 aliphatic heterocycles. The Balaban J connectivity index is 1.12. The molecule has 1 saturated heterocycles. The molecule has 4 aromatic rings. The van der Waals surface area contributed by atoms with Crippen LogP contribution in [0.15, 0.2) is 83.3 Å². The van der Waals surface area contributed by atoms with Gasteiger partial charge >= 0.3 is 0 Å². The van der Waals surface area contributed by atoms with Crippen molar-refractivity contribution in [2.24, 2.45) is 0 Å². The van der Waals surface area contributed by atoms with E-state index in [2.05, 4.69) is 15.5 Å². The average Bonchev–Trinajstić information content (AvgIpc) is 3.43. The highest BCUT2D eigenvalue weighted by Crippen LogP contribution is 2.26. The second kappa shape index (κ2) is 11.2. The quantitative estimate of drug-likeness (QED) is 0.388. The van der Waals surface area contributed by atoms with E-state index in [1.807, 2.05) is 78.6 Å². The van der Waals surface area contributed by atoms with E-state index in [0.29, 0.717) is 36.9 Å². The van der Waals surface area contributed by atoms with Gasteiger partial charge in [0.15, 0.2) is 0 Å². The molecule has 1 aliphatic rings. The van der Waals surface area contributed by atoms with Crippen molar-refractivity contribution in [1.29, 1.82) is 0 Å². The van der Waals surface area contributed by atoms with Gasteiger partial charge in [-0.3, -0.25) is 9.59 Å². The maximum Gasteiger partial charge on any atom is 0.253 e. The third-order valence-electron chi connectivity index (χ3n) is 6.81. The second-order valence-electron chi connectivity index (χ2n) is 9.42. The summed E-state index contributed by atoms with van der Waals surface area (Å²) in [7, 11) is 0. The largest absolute Gasteiger partial charge is 0.416 e. The smallest absolute Gasteiger partial charge is 0.253 e. The Bertz CT molecular complexity index is 1360. The van der Waals surface area contributed by atoms with Gasteiger partial charge < -0.3 is 14.6 Å². The zero-order chi connectivity index (χ0) is 25.6. The van der Waals surface area contributed by atoms with Crippen LogP contribution >= 0.6 is 0 Å². The summed E-state index contributed by atoms with van der Waals surface area (Å²) in [5, 5.41) is 11.5. The summed E-state index contributed by atoms with van der Waals surface area (Å²) in [5.74, 6) is 0.951. The first kappa shape index (κ1) is 24.4. The summed E-state index contributed by atoms with van der Waals surface area (Å²) in [6.45, 7) is 3.24. The van der Waals surface area contributed by atoms with Gasteiger partial charge in [0.1, 0.15) is 0 Å². The number of piperidine rings is 1. The zero-order valence-corrected chi connectivity index (χ0v) is 20.9. The molecule has 0 saturated carbocycles. The molecule has 2 amide bonds. The SMILES string of the molecule is Cc1ccccc1-c1nnc(-c2ccc(C(=O)N3CCC(NC(=O)CCc4ccccc4)CC3)cc2)o1. The first-order valence-electron chi connectivity index (χ1n) is 12.7. The van der Waals surface area contributed by atoms with Gasteiger partial charge in [0, 0.05) is 42.2 Å². The molecular weight excluding hydrogens is 464 g/mol. The number of nitrogens with one attached hydrogen (secondary N) is 1. The van der Waals surface area contributed by atoms with Crippen LogP contribution in [0.1, 0.15) is 40.7 Å². The van der Waals surface area contributed by atoms with Gasteiger partial charge in [-0.1, -0.05) is 48.5 Å². The Labute approximate surface area is 216 Å². The molecule has 0 bridgehead atoms. The van der Waals surface area contributed by atoms with Crippen LogP contribution < -0.4 is 5.32 Å². The third-order valence-corrected chi connectivity index (χ3v) is 6.81. The van der Waals surface area contributed by atoms with Crippen LogP contribution in [0.2, 0.25) is 0 Å². The van der Waals surface area contributed by atoms with E-state index in [0.717, 1.165) is 41.5 Å². The van der Waals surface area contributed by atoms with Gasteiger partial charge in [-0.05, 0) is 67.6 Å². The molecule has 1 N–H and O–H groups in total. The number of benzene rings is 3. The van der Waals surface area contributed by atoms with Crippen molar-refractivity contribution in [3.05, 3.63) is 95.6 Å². The van der Waals surface area contributed by atoms with Crippen LogP contribution in [0.5, 0.6) is 0 Å². The van der Waals surface area contributed by atoms with Crippen molar-refractivity contribution in [3.63, 3.8) is 0 Å². The highest BCUT2D eigenvalue weighted by molar-refractivity contribution is 5.94. The summed E-state index contributed by atoms with van der Waals surface area (Å²) >= 11 is 0. The van der Waals surface area contributed by atoms with E-state index in [1.54, 1.807) is 12.1 Å². The van der Waals surface area contributed by atoms with Crippen LogP contribution in [0.25, 0.3) is 22.9 Å². The van der Waals surface area contributed by atoms with Crippen LogP contribution in [0.3, 0.4) is 0 Å². The first-order chi connectivity index (χ1) is 18.1. The molecule has 1 aromatic heterocycles. The van der Waals surface area contributed by atoms with Crippen molar-refractivity contribution in [1.82, 2.24) is 20.4 Å². The Kier molecular flexibility index (Phi) is 7.40. The molecule has 5 rings (SSSR count). The van der Waals surface area contributed by atoms with Crippen LogP contribution in [-0.4, -0.2) is 46.0 Å². The van der Waals surface area contributed by atoms with Crippen molar-refractivity contribution >= 4 is 11.8 Å². The van der Waals surface area contributed by atoms with Gasteiger partial charge in [0.2, 0.25) is 17.7 Å². The molecule has 1 fully saturated rings. The molecule has 3 aromatic carbocycles. The number of hydrogen-bond donors (Lipinski definition) is 1. The Morgan fingerprint density at radius 1 is 0.892 bits per heavy atom. The molecule has 0 aliphatic carbocycles. The summed E-state index contributed by atoms with van der Waals surface area (Å²) in [5.41, 5.74) is 4.52. The number of rotatable bonds is 7. The molecule has 0 radical (unpaired) electrons. The Morgan fingerprint density at radius 2 is 1.57 bits per heavy atom. The fourth-order valence-corrected chi connectivity index (χ4v) is 4.63. The lowest BCUT2D eigenvalue weighted by atomic mass is 10.0. The fraction of sp³-hybridized carbons (Fsp3) is 0.267. The molecule has 0 unspecified atom stereocenters. The molecule has 7 heteroatoms. The number of amides is 2. The zero-order valence-electron chi connectivity index (χ0n) is 20.9. The van der Waals surface area contributed by atoms with Gasteiger partial charge in [0.05, 0.1) is 0 Å². The molecule has 188 valence electrons. The van der Waals surface area contributed by atoms with Gasteiger partial charge in [-0.25, -0.2) is 0 Å². The molecule has 0 atom stereocenters. The number of hydrogen-bond acceptors (Lipinski definition) is 5. The molecular formula is C30H30N4O3. The van der Waals surface area contributed by atoms with E-state index in [-0.39, 0.29) is 17.9 Å². The summed E-state index contributed by atoms with van der Waals surface area (Å²) < 4.78 is 5.89. The standard InChI is InChI=1S/C30H30N4O3/c1-21-7-5-6-10-26(21)29-33-32-28(37-29)23-12-14-24(15-13-23)30(36)34-19-17-25(18-20-34)31-27(35)16-11-22-8-3-2-4-9-22/h2-10,12-15,25H,11,16-20H2,1H3,(H,31,35). The number of nitrogens with zero attached hydrogens (tertiary/aromatic N) is 3. The lowest BCUT2D eigenvalue weighted by Gasteiger charge is -2.32. The molecule has 7 nitrogen and oxygen atoms in total. The lowest BCUT2D eigenvalue weighted by molar-refractivity contribution is -0.122. The van der Waals surface area contributed by atoms with Crippen molar-refractivity contribution in [2.45, 2.75) is 38.6 Å². The number of aryl methyl sites for hydroxylation is 2. The normalized spacial score (nSPS) is 13.9. The summed E-state index contributed by atoms with van der Waals surface area (Å²) in [6, 6.07) is 25.3. The fourth-order valence-electron chi connectivity index (χ4n) is 4.63. The number of carbonyl (C=O) groups excluding carboxylic acids is 2. The van der Waals surface area contributed by atoms with Crippen LogP contribution in [0.4, 0.5) is 0 Å². The summed E-state index contributed by atoms with van der Waals surface area (Å²) in [4.78, 5) is 27.3. The predicted octanol–water partition coefficient (Wildman–Crippen LogP) is 5.07. The molecule has 0 spiro atoms.